The molecule has 0 fully saturated rings. The number of phenols is 1. The van der Waals surface area contributed by atoms with Gasteiger partial charge < -0.3 is 15.2 Å². The summed E-state index contributed by atoms with van der Waals surface area (Å²) in [6.07, 6.45) is -1.02. The SMILES string of the molecule is C[C@H](OC(=O)Cc1ccc(O)cc1)C(=O)Nc1c(Cl)cccc1Cl. The number of para-hydroxylation sites is 1. The van der Waals surface area contributed by atoms with Crippen LogP contribution in [0.2, 0.25) is 10.0 Å². The summed E-state index contributed by atoms with van der Waals surface area (Å²) in [6.45, 7) is 1.45. The lowest BCUT2D eigenvalue weighted by molar-refractivity contribution is -0.152. The molecule has 2 rings (SSSR count). The fourth-order valence-electron chi connectivity index (χ4n) is 1.91. The number of esters is 1. The Hall–Kier alpha value is -2.24. The molecule has 0 aliphatic rings. The van der Waals surface area contributed by atoms with Gasteiger partial charge in [-0.2, -0.15) is 0 Å². The summed E-state index contributed by atoms with van der Waals surface area (Å²) in [7, 11) is 0. The molecule has 1 atom stereocenters. The van der Waals surface area contributed by atoms with Gasteiger partial charge in [-0.15, -0.1) is 0 Å². The van der Waals surface area contributed by atoms with Gasteiger partial charge in [0.2, 0.25) is 0 Å². The van der Waals surface area contributed by atoms with Gasteiger partial charge >= 0.3 is 5.97 Å². The van der Waals surface area contributed by atoms with Crippen molar-refractivity contribution >= 4 is 40.8 Å². The standard InChI is InChI=1S/C17H15Cl2NO4/c1-10(17(23)20-16-13(18)3-2-4-14(16)19)24-15(22)9-11-5-7-12(21)8-6-11/h2-8,10,21H,9H2,1H3,(H,20,23)/t10-/m0/s1. The Morgan fingerprint density at radius 2 is 1.71 bits per heavy atom. The Kier molecular flexibility index (Phi) is 6.06. The Bertz CT molecular complexity index is 727. The van der Waals surface area contributed by atoms with Crippen LogP contribution in [0.1, 0.15) is 12.5 Å². The Morgan fingerprint density at radius 1 is 1.12 bits per heavy atom. The second-order valence-corrected chi connectivity index (χ2v) is 5.88. The van der Waals surface area contributed by atoms with Crippen molar-refractivity contribution in [3.05, 3.63) is 58.1 Å². The largest absolute Gasteiger partial charge is 0.508 e. The summed E-state index contributed by atoms with van der Waals surface area (Å²) in [6, 6.07) is 11.0. The van der Waals surface area contributed by atoms with Crippen LogP contribution in [-0.2, 0) is 20.7 Å². The molecular formula is C17H15Cl2NO4. The predicted octanol–water partition coefficient (Wildman–Crippen LogP) is 3.81. The lowest BCUT2D eigenvalue weighted by atomic mass is 10.1. The number of rotatable bonds is 5. The summed E-state index contributed by atoms with van der Waals surface area (Å²) in [4.78, 5) is 24.0. The summed E-state index contributed by atoms with van der Waals surface area (Å²) in [5.74, 6) is -0.992. The molecule has 0 bridgehead atoms. The summed E-state index contributed by atoms with van der Waals surface area (Å²) >= 11 is 12.0. The maximum atomic E-state index is 12.1. The Morgan fingerprint density at radius 3 is 2.29 bits per heavy atom. The molecule has 0 saturated carbocycles. The van der Waals surface area contributed by atoms with Crippen molar-refractivity contribution in [1.82, 2.24) is 0 Å². The van der Waals surface area contributed by atoms with Crippen molar-refractivity contribution in [1.29, 1.82) is 0 Å². The normalized spacial score (nSPS) is 11.6. The van der Waals surface area contributed by atoms with Gasteiger partial charge in [0.05, 0.1) is 22.2 Å². The molecule has 1 amide bonds. The first-order valence-electron chi connectivity index (χ1n) is 7.09. The molecule has 5 nitrogen and oxygen atoms in total. The van der Waals surface area contributed by atoms with Gasteiger partial charge in [-0.05, 0) is 36.8 Å². The molecule has 0 unspecified atom stereocenters. The third-order valence-electron chi connectivity index (χ3n) is 3.17. The highest BCUT2D eigenvalue weighted by Gasteiger charge is 2.20. The van der Waals surface area contributed by atoms with E-state index in [-0.39, 0.29) is 17.9 Å². The van der Waals surface area contributed by atoms with Gasteiger partial charge in [0, 0.05) is 0 Å². The number of amides is 1. The van der Waals surface area contributed by atoms with E-state index in [9.17, 15) is 14.7 Å². The van der Waals surface area contributed by atoms with Crippen LogP contribution in [0.3, 0.4) is 0 Å². The van der Waals surface area contributed by atoms with Gasteiger partial charge in [-0.25, -0.2) is 0 Å². The minimum absolute atomic E-state index is 0.00918. The van der Waals surface area contributed by atoms with Gasteiger partial charge in [0.15, 0.2) is 6.10 Å². The average Bonchev–Trinajstić information content (AvgIpc) is 2.53. The first-order chi connectivity index (χ1) is 11.4. The smallest absolute Gasteiger partial charge is 0.311 e. The number of halogens is 2. The fourth-order valence-corrected chi connectivity index (χ4v) is 2.41. The highest BCUT2D eigenvalue weighted by atomic mass is 35.5. The molecule has 2 aromatic rings. The first kappa shape index (κ1) is 18.1. The van der Waals surface area contributed by atoms with E-state index in [1.54, 1.807) is 30.3 Å². The van der Waals surface area contributed by atoms with Crippen molar-refractivity contribution in [2.75, 3.05) is 5.32 Å². The van der Waals surface area contributed by atoms with Crippen LogP contribution in [0.5, 0.6) is 5.75 Å². The molecule has 0 aliphatic carbocycles. The van der Waals surface area contributed by atoms with Gasteiger partial charge in [-0.1, -0.05) is 41.4 Å². The number of nitrogens with one attached hydrogen (secondary N) is 1. The molecule has 126 valence electrons. The Labute approximate surface area is 149 Å². The third-order valence-corrected chi connectivity index (χ3v) is 3.80. The molecule has 0 radical (unpaired) electrons. The van der Waals surface area contributed by atoms with Crippen LogP contribution in [0.15, 0.2) is 42.5 Å². The number of hydrogen-bond acceptors (Lipinski definition) is 4. The van der Waals surface area contributed by atoms with E-state index in [1.807, 2.05) is 0 Å². The van der Waals surface area contributed by atoms with Gasteiger partial charge in [0.1, 0.15) is 5.75 Å². The molecular weight excluding hydrogens is 353 g/mol. The Balaban J connectivity index is 1.93. The third kappa shape index (κ3) is 4.88. The molecule has 0 aliphatic heterocycles. The number of benzene rings is 2. The number of carbonyl (C=O) groups is 2. The highest BCUT2D eigenvalue weighted by molar-refractivity contribution is 6.39. The zero-order valence-electron chi connectivity index (χ0n) is 12.8. The lowest BCUT2D eigenvalue weighted by Crippen LogP contribution is -2.30. The molecule has 2 N–H and O–H groups in total. The van der Waals surface area contributed by atoms with E-state index in [0.717, 1.165) is 0 Å². The molecule has 24 heavy (non-hydrogen) atoms. The second kappa shape index (κ2) is 8.04. The molecule has 7 heteroatoms. The highest BCUT2D eigenvalue weighted by Crippen LogP contribution is 2.29. The molecule has 0 saturated heterocycles. The van der Waals surface area contributed by atoms with E-state index >= 15 is 0 Å². The molecule has 0 aromatic heterocycles. The average molecular weight is 368 g/mol. The summed E-state index contributed by atoms with van der Waals surface area (Å²) < 4.78 is 5.10. The van der Waals surface area contributed by atoms with E-state index in [0.29, 0.717) is 15.6 Å². The predicted molar refractivity (Wildman–Crippen MR) is 92.5 cm³/mol. The van der Waals surface area contributed by atoms with E-state index in [1.165, 1.54) is 19.1 Å². The number of hydrogen-bond donors (Lipinski definition) is 2. The van der Waals surface area contributed by atoms with Crippen LogP contribution in [0.4, 0.5) is 5.69 Å². The van der Waals surface area contributed by atoms with Crippen molar-refractivity contribution in [2.24, 2.45) is 0 Å². The van der Waals surface area contributed by atoms with Crippen molar-refractivity contribution in [3.8, 4) is 5.75 Å². The number of carbonyl (C=O) groups excluding carboxylic acids is 2. The van der Waals surface area contributed by atoms with Crippen molar-refractivity contribution in [2.45, 2.75) is 19.4 Å². The van der Waals surface area contributed by atoms with Crippen molar-refractivity contribution < 1.29 is 19.4 Å². The zero-order chi connectivity index (χ0) is 17.7. The van der Waals surface area contributed by atoms with Crippen LogP contribution in [0.25, 0.3) is 0 Å². The maximum Gasteiger partial charge on any atom is 0.311 e. The number of phenolic OH excluding ortho intramolecular Hbond substituents is 1. The van der Waals surface area contributed by atoms with E-state index in [4.69, 9.17) is 27.9 Å². The fraction of sp³-hybridized carbons (Fsp3) is 0.176. The number of ether oxygens (including phenoxy) is 1. The van der Waals surface area contributed by atoms with Gasteiger partial charge in [0.25, 0.3) is 5.91 Å². The van der Waals surface area contributed by atoms with Crippen LogP contribution in [0, 0.1) is 0 Å². The maximum absolute atomic E-state index is 12.1. The first-order valence-corrected chi connectivity index (χ1v) is 7.84. The van der Waals surface area contributed by atoms with E-state index in [2.05, 4.69) is 5.32 Å². The topological polar surface area (TPSA) is 75.6 Å². The van der Waals surface area contributed by atoms with Crippen LogP contribution < -0.4 is 5.32 Å². The number of anilines is 1. The van der Waals surface area contributed by atoms with Crippen LogP contribution >= 0.6 is 23.2 Å². The second-order valence-electron chi connectivity index (χ2n) is 5.06. The molecule has 2 aromatic carbocycles. The summed E-state index contributed by atoms with van der Waals surface area (Å²) in [5, 5.41) is 12.3. The van der Waals surface area contributed by atoms with Crippen LogP contribution in [-0.4, -0.2) is 23.1 Å². The minimum Gasteiger partial charge on any atom is -0.508 e. The minimum atomic E-state index is -1.01. The lowest BCUT2D eigenvalue weighted by Gasteiger charge is -2.15. The molecule has 0 heterocycles. The monoisotopic (exact) mass is 367 g/mol. The van der Waals surface area contributed by atoms with Gasteiger partial charge in [-0.3, -0.25) is 9.59 Å². The summed E-state index contributed by atoms with van der Waals surface area (Å²) in [5.41, 5.74) is 0.937. The molecule has 0 spiro atoms. The number of aromatic hydroxyl groups is 1. The quantitative estimate of drug-likeness (QED) is 0.787. The zero-order valence-corrected chi connectivity index (χ0v) is 14.3. The van der Waals surface area contributed by atoms with E-state index < -0.39 is 18.0 Å². The van der Waals surface area contributed by atoms with Crippen molar-refractivity contribution in [3.63, 3.8) is 0 Å².